The Morgan fingerprint density at radius 3 is 2.67 bits per heavy atom. The Kier molecular flexibility index (Phi) is 2.83. The molecule has 0 spiro atoms. The molecule has 2 aromatic heterocycles. The summed E-state index contributed by atoms with van der Waals surface area (Å²) in [5.41, 5.74) is 3.50. The third-order valence-corrected chi connectivity index (χ3v) is 3.45. The zero-order valence-corrected chi connectivity index (χ0v) is 12.1. The number of hydrogen-bond acceptors (Lipinski definition) is 3. The lowest BCUT2D eigenvalue weighted by Crippen LogP contribution is -2.13. The number of carboxylic acids is 1. The van der Waals surface area contributed by atoms with Gasteiger partial charge in [0, 0.05) is 22.1 Å². The Hall–Kier alpha value is -2.63. The molecule has 6 heteroatoms. The standard InChI is InChI=1S/C15H16N4O2/c1-15(2,3)13-10(7-16-19-13)12-9-6-8(14(20)21)4-5-11(9)17-18-12/h4-7H,1-3H3,(H,16,19)(H,17,18)(H,20,21). The molecule has 0 amide bonds. The monoisotopic (exact) mass is 284 g/mol. The number of benzene rings is 1. The molecule has 0 aliphatic rings. The van der Waals surface area contributed by atoms with E-state index in [0.717, 1.165) is 22.2 Å². The number of aromatic amines is 2. The minimum atomic E-state index is -0.952. The van der Waals surface area contributed by atoms with Gasteiger partial charge in [0.05, 0.1) is 17.3 Å². The number of hydrogen-bond donors (Lipinski definition) is 3. The molecule has 21 heavy (non-hydrogen) atoms. The lowest BCUT2D eigenvalue weighted by atomic mass is 9.88. The second-order valence-corrected chi connectivity index (χ2v) is 6.05. The number of rotatable bonds is 2. The highest BCUT2D eigenvalue weighted by molar-refractivity contribution is 5.99. The van der Waals surface area contributed by atoms with Crippen LogP contribution in [0.3, 0.4) is 0 Å². The molecule has 0 saturated heterocycles. The van der Waals surface area contributed by atoms with E-state index in [-0.39, 0.29) is 11.0 Å². The third kappa shape index (κ3) is 2.18. The van der Waals surface area contributed by atoms with E-state index < -0.39 is 5.97 Å². The number of H-pyrrole nitrogens is 2. The van der Waals surface area contributed by atoms with Gasteiger partial charge in [-0.2, -0.15) is 10.2 Å². The predicted octanol–water partition coefficient (Wildman–Crippen LogP) is 2.95. The van der Waals surface area contributed by atoms with Crippen LogP contribution in [-0.4, -0.2) is 31.5 Å². The summed E-state index contributed by atoms with van der Waals surface area (Å²) in [6.07, 6.45) is 1.73. The quantitative estimate of drug-likeness (QED) is 0.674. The molecule has 0 aliphatic carbocycles. The Balaban J connectivity index is 2.24. The van der Waals surface area contributed by atoms with Crippen molar-refractivity contribution in [1.82, 2.24) is 20.4 Å². The van der Waals surface area contributed by atoms with Crippen molar-refractivity contribution in [3.8, 4) is 11.3 Å². The lowest BCUT2D eigenvalue weighted by molar-refractivity contribution is 0.0697. The molecule has 2 heterocycles. The zero-order chi connectivity index (χ0) is 15.2. The second kappa shape index (κ2) is 4.44. The maximum absolute atomic E-state index is 11.1. The maximum atomic E-state index is 11.1. The summed E-state index contributed by atoms with van der Waals surface area (Å²) in [4.78, 5) is 11.1. The van der Waals surface area contributed by atoms with Crippen LogP contribution < -0.4 is 0 Å². The fraction of sp³-hybridized carbons (Fsp3) is 0.267. The van der Waals surface area contributed by atoms with Crippen LogP contribution in [0.5, 0.6) is 0 Å². The van der Waals surface area contributed by atoms with Crippen LogP contribution in [0.4, 0.5) is 0 Å². The molecule has 0 aliphatic heterocycles. The van der Waals surface area contributed by atoms with Gasteiger partial charge in [-0.1, -0.05) is 20.8 Å². The van der Waals surface area contributed by atoms with Gasteiger partial charge in [0.15, 0.2) is 0 Å². The van der Waals surface area contributed by atoms with Crippen molar-refractivity contribution in [2.45, 2.75) is 26.2 Å². The molecule has 0 unspecified atom stereocenters. The molecular formula is C15H16N4O2. The number of carboxylic acid groups (broad SMARTS) is 1. The first-order valence-electron chi connectivity index (χ1n) is 6.63. The van der Waals surface area contributed by atoms with Gasteiger partial charge in [-0.05, 0) is 18.2 Å². The van der Waals surface area contributed by atoms with E-state index in [0.29, 0.717) is 5.69 Å². The molecule has 108 valence electrons. The van der Waals surface area contributed by atoms with E-state index in [4.69, 9.17) is 5.11 Å². The van der Waals surface area contributed by atoms with E-state index in [1.54, 1.807) is 24.4 Å². The van der Waals surface area contributed by atoms with Crippen molar-refractivity contribution in [3.63, 3.8) is 0 Å². The summed E-state index contributed by atoms with van der Waals surface area (Å²) in [5.74, 6) is -0.952. The van der Waals surface area contributed by atoms with Crippen LogP contribution in [0.2, 0.25) is 0 Å². The summed E-state index contributed by atoms with van der Waals surface area (Å²) < 4.78 is 0. The van der Waals surface area contributed by atoms with Crippen LogP contribution >= 0.6 is 0 Å². The summed E-state index contributed by atoms with van der Waals surface area (Å²) in [6.45, 7) is 6.25. The van der Waals surface area contributed by atoms with Gasteiger partial charge >= 0.3 is 5.97 Å². The SMILES string of the molecule is CC(C)(C)c1[nH]ncc1-c1n[nH]c2ccc(C(=O)O)cc12. The van der Waals surface area contributed by atoms with Gasteiger partial charge in [-0.3, -0.25) is 10.2 Å². The second-order valence-electron chi connectivity index (χ2n) is 6.05. The first kappa shape index (κ1) is 13.4. The van der Waals surface area contributed by atoms with Crippen LogP contribution in [0, 0.1) is 0 Å². The van der Waals surface area contributed by atoms with E-state index in [1.807, 2.05) is 0 Å². The minimum Gasteiger partial charge on any atom is -0.478 e. The molecule has 0 saturated carbocycles. The maximum Gasteiger partial charge on any atom is 0.335 e. The number of carbonyl (C=O) groups is 1. The van der Waals surface area contributed by atoms with E-state index in [9.17, 15) is 4.79 Å². The number of nitrogens with one attached hydrogen (secondary N) is 2. The van der Waals surface area contributed by atoms with Gasteiger partial charge in [-0.15, -0.1) is 0 Å². The van der Waals surface area contributed by atoms with Crippen LogP contribution in [0.25, 0.3) is 22.2 Å². The number of aromatic nitrogens is 4. The first-order chi connectivity index (χ1) is 9.88. The van der Waals surface area contributed by atoms with Gasteiger partial charge in [0.25, 0.3) is 0 Å². The number of nitrogens with zero attached hydrogens (tertiary/aromatic N) is 2. The number of fused-ring (bicyclic) bond motifs is 1. The van der Waals surface area contributed by atoms with E-state index in [1.165, 1.54) is 0 Å². The van der Waals surface area contributed by atoms with Gasteiger partial charge in [0.1, 0.15) is 5.69 Å². The first-order valence-corrected chi connectivity index (χ1v) is 6.63. The lowest BCUT2D eigenvalue weighted by Gasteiger charge is -2.17. The Bertz CT molecular complexity index is 824. The molecule has 0 fully saturated rings. The number of aromatic carboxylic acids is 1. The third-order valence-electron chi connectivity index (χ3n) is 3.45. The molecule has 0 bridgehead atoms. The zero-order valence-electron chi connectivity index (χ0n) is 12.1. The normalized spacial score (nSPS) is 12.0. The summed E-state index contributed by atoms with van der Waals surface area (Å²) in [7, 11) is 0. The van der Waals surface area contributed by atoms with Crippen molar-refractivity contribution in [2.75, 3.05) is 0 Å². The Labute approximate surface area is 121 Å². The fourth-order valence-electron chi connectivity index (χ4n) is 2.39. The smallest absolute Gasteiger partial charge is 0.335 e. The minimum absolute atomic E-state index is 0.110. The van der Waals surface area contributed by atoms with Crippen molar-refractivity contribution < 1.29 is 9.90 Å². The highest BCUT2D eigenvalue weighted by atomic mass is 16.4. The molecular weight excluding hydrogens is 268 g/mol. The Morgan fingerprint density at radius 1 is 1.24 bits per heavy atom. The highest BCUT2D eigenvalue weighted by Crippen LogP contribution is 2.34. The molecule has 3 aromatic rings. The van der Waals surface area contributed by atoms with Crippen LogP contribution in [0.15, 0.2) is 24.4 Å². The highest BCUT2D eigenvalue weighted by Gasteiger charge is 2.23. The van der Waals surface area contributed by atoms with Gasteiger partial charge in [0.2, 0.25) is 0 Å². The molecule has 0 radical (unpaired) electrons. The predicted molar refractivity (Wildman–Crippen MR) is 79.3 cm³/mol. The molecule has 6 nitrogen and oxygen atoms in total. The summed E-state index contributed by atoms with van der Waals surface area (Å²) in [5, 5.41) is 24.3. The van der Waals surface area contributed by atoms with Crippen molar-refractivity contribution in [2.24, 2.45) is 0 Å². The average molecular weight is 284 g/mol. The van der Waals surface area contributed by atoms with E-state index >= 15 is 0 Å². The van der Waals surface area contributed by atoms with Gasteiger partial charge < -0.3 is 5.11 Å². The van der Waals surface area contributed by atoms with E-state index in [2.05, 4.69) is 41.2 Å². The largest absolute Gasteiger partial charge is 0.478 e. The molecule has 3 N–H and O–H groups in total. The van der Waals surface area contributed by atoms with Gasteiger partial charge in [-0.25, -0.2) is 4.79 Å². The van der Waals surface area contributed by atoms with Crippen molar-refractivity contribution in [3.05, 3.63) is 35.7 Å². The topological polar surface area (TPSA) is 94.7 Å². The molecule has 0 atom stereocenters. The summed E-state index contributed by atoms with van der Waals surface area (Å²) in [6, 6.07) is 4.93. The average Bonchev–Trinajstić information content (AvgIpc) is 3.02. The fourth-order valence-corrected chi connectivity index (χ4v) is 2.39. The Morgan fingerprint density at radius 2 is 2.00 bits per heavy atom. The molecule has 3 rings (SSSR count). The van der Waals surface area contributed by atoms with Crippen LogP contribution in [-0.2, 0) is 5.41 Å². The summed E-state index contributed by atoms with van der Waals surface area (Å²) >= 11 is 0. The van der Waals surface area contributed by atoms with Crippen molar-refractivity contribution >= 4 is 16.9 Å². The molecule has 1 aromatic carbocycles. The van der Waals surface area contributed by atoms with Crippen molar-refractivity contribution in [1.29, 1.82) is 0 Å². The van der Waals surface area contributed by atoms with Crippen LogP contribution in [0.1, 0.15) is 36.8 Å².